The Morgan fingerprint density at radius 1 is 1.46 bits per heavy atom. The van der Waals surface area contributed by atoms with Crippen LogP contribution < -0.4 is 5.32 Å². The third-order valence-electron chi connectivity index (χ3n) is 2.53. The number of aliphatic hydroxyl groups is 2. The molecule has 1 aliphatic heterocycles. The van der Waals surface area contributed by atoms with Gasteiger partial charge in [-0.05, 0) is 6.26 Å². The summed E-state index contributed by atoms with van der Waals surface area (Å²) >= 11 is 1.38. The number of aliphatic hydroxyl groups excluding tert-OH is 2. The Balaban J connectivity index is 2.17. The molecule has 0 bridgehead atoms. The van der Waals surface area contributed by atoms with E-state index in [9.17, 15) is 15.0 Å². The second kappa shape index (κ2) is 3.04. The van der Waals surface area contributed by atoms with Gasteiger partial charge in [-0.1, -0.05) is 0 Å². The molecule has 13 heavy (non-hydrogen) atoms. The Bertz CT molecular complexity index is 217. The van der Waals surface area contributed by atoms with Crippen LogP contribution in [0.15, 0.2) is 0 Å². The second-order valence-electron chi connectivity index (χ2n) is 3.22. The zero-order valence-corrected chi connectivity index (χ0v) is 7.82. The number of hydrogen-bond acceptors (Lipinski definition) is 5. The van der Waals surface area contributed by atoms with Crippen molar-refractivity contribution in [1.29, 1.82) is 0 Å². The summed E-state index contributed by atoms with van der Waals surface area (Å²) in [5, 5.41) is 21.5. The van der Waals surface area contributed by atoms with Gasteiger partial charge in [0.15, 0.2) is 6.10 Å². The molecule has 1 saturated carbocycles. The van der Waals surface area contributed by atoms with E-state index in [1.54, 1.807) is 6.26 Å². The van der Waals surface area contributed by atoms with Gasteiger partial charge in [-0.15, -0.1) is 0 Å². The number of carbonyl (C=O) groups is 1. The zero-order valence-electron chi connectivity index (χ0n) is 7.01. The number of alkyl carbamates (subject to hydrolysis) is 1. The monoisotopic (exact) mass is 205 g/mol. The molecule has 0 spiro atoms. The maximum Gasteiger partial charge on any atom is 0.408 e. The van der Waals surface area contributed by atoms with Crippen molar-refractivity contribution in [2.75, 3.05) is 6.26 Å². The molecule has 5 unspecified atom stereocenters. The first-order chi connectivity index (χ1) is 6.15. The van der Waals surface area contributed by atoms with Gasteiger partial charge in [0.1, 0.15) is 6.10 Å². The van der Waals surface area contributed by atoms with Crippen LogP contribution in [-0.2, 0) is 4.74 Å². The lowest BCUT2D eigenvalue weighted by Gasteiger charge is -2.17. The molecule has 74 valence electrons. The highest BCUT2D eigenvalue weighted by molar-refractivity contribution is 7.99. The summed E-state index contributed by atoms with van der Waals surface area (Å²) < 4.78 is 4.83. The molecule has 0 aromatic carbocycles. The minimum absolute atomic E-state index is 0.282. The molecule has 1 heterocycles. The van der Waals surface area contributed by atoms with E-state index in [0.29, 0.717) is 0 Å². The quantitative estimate of drug-likeness (QED) is 0.508. The van der Waals surface area contributed by atoms with Gasteiger partial charge in [0.05, 0.1) is 17.4 Å². The summed E-state index contributed by atoms with van der Waals surface area (Å²) in [7, 11) is 0. The summed E-state index contributed by atoms with van der Waals surface area (Å²) in [5.41, 5.74) is 0. The molecule has 3 N–H and O–H groups in total. The molecule has 2 fully saturated rings. The smallest absolute Gasteiger partial charge is 0.408 e. The van der Waals surface area contributed by atoms with Crippen molar-refractivity contribution in [3.63, 3.8) is 0 Å². The summed E-state index contributed by atoms with van der Waals surface area (Å²) in [5.74, 6) is 0. The van der Waals surface area contributed by atoms with Crippen LogP contribution in [0.4, 0.5) is 4.79 Å². The maximum atomic E-state index is 10.8. The summed E-state index contributed by atoms with van der Waals surface area (Å²) in [6.07, 6.45) is -0.872. The van der Waals surface area contributed by atoms with Crippen LogP contribution in [0.1, 0.15) is 0 Å². The molecule has 1 aliphatic carbocycles. The van der Waals surface area contributed by atoms with E-state index in [4.69, 9.17) is 4.74 Å². The number of ether oxygens (including phenoxy) is 1. The molecule has 1 saturated heterocycles. The van der Waals surface area contributed by atoms with Crippen molar-refractivity contribution in [2.24, 2.45) is 0 Å². The van der Waals surface area contributed by atoms with E-state index in [0.717, 1.165) is 0 Å². The first kappa shape index (κ1) is 9.11. The molecule has 0 aromatic heterocycles. The Morgan fingerprint density at radius 3 is 2.69 bits per heavy atom. The number of nitrogens with one attached hydrogen (secondary N) is 1. The molecule has 2 aliphatic rings. The number of amides is 1. The number of hydrogen-bond donors (Lipinski definition) is 3. The second-order valence-corrected chi connectivity index (χ2v) is 4.24. The highest BCUT2D eigenvalue weighted by Crippen LogP contribution is 2.34. The van der Waals surface area contributed by atoms with Crippen LogP contribution in [0.25, 0.3) is 0 Å². The molecule has 1 amide bonds. The number of fused-ring (bicyclic) bond motifs is 1. The van der Waals surface area contributed by atoms with Gasteiger partial charge in [-0.25, -0.2) is 4.79 Å². The Kier molecular flexibility index (Phi) is 2.13. The van der Waals surface area contributed by atoms with E-state index < -0.39 is 30.4 Å². The van der Waals surface area contributed by atoms with Crippen LogP contribution in [0.3, 0.4) is 0 Å². The largest absolute Gasteiger partial charge is 0.441 e. The molecule has 0 radical (unpaired) electrons. The van der Waals surface area contributed by atoms with Gasteiger partial charge in [-0.3, -0.25) is 0 Å². The van der Waals surface area contributed by atoms with Gasteiger partial charge >= 0.3 is 6.09 Å². The van der Waals surface area contributed by atoms with E-state index in [2.05, 4.69) is 5.32 Å². The summed E-state index contributed by atoms with van der Waals surface area (Å²) in [6.45, 7) is 0. The normalized spacial score (nSPS) is 48.5. The Labute approximate surface area is 79.5 Å². The van der Waals surface area contributed by atoms with Crippen molar-refractivity contribution in [1.82, 2.24) is 5.32 Å². The van der Waals surface area contributed by atoms with Crippen LogP contribution in [0, 0.1) is 0 Å². The average Bonchev–Trinajstić information content (AvgIpc) is 2.55. The number of rotatable bonds is 1. The molecular formula is C7H11NO4S. The lowest BCUT2D eigenvalue weighted by molar-refractivity contribution is 0.0453. The SMILES string of the molecule is CSC1C(O)C2NC(=O)OC2C1O. The fourth-order valence-electron chi connectivity index (χ4n) is 1.88. The summed E-state index contributed by atoms with van der Waals surface area (Å²) in [6, 6.07) is -0.458. The van der Waals surface area contributed by atoms with Crippen LogP contribution in [0.2, 0.25) is 0 Å². The van der Waals surface area contributed by atoms with Gasteiger partial charge < -0.3 is 20.3 Å². The summed E-state index contributed by atoms with van der Waals surface area (Å²) in [4.78, 5) is 10.8. The average molecular weight is 205 g/mol. The van der Waals surface area contributed by atoms with E-state index >= 15 is 0 Å². The van der Waals surface area contributed by atoms with E-state index in [1.807, 2.05) is 0 Å². The fourth-order valence-corrected chi connectivity index (χ4v) is 2.77. The third kappa shape index (κ3) is 1.20. The maximum absolute atomic E-state index is 10.8. The molecule has 0 aromatic rings. The third-order valence-corrected chi connectivity index (χ3v) is 3.63. The van der Waals surface area contributed by atoms with Crippen LogP contribution in [0.5, 0.6) is 0 Å². The Morgan fingerprint density at radius 2 is 2.15 bits per heavy atom. The molecule has 6 heteroatoms. The van der Waals surface area contributed by atoms with Crippen LogP contribution >= 0.6 is 11.8 Å². The number of thioether (sulfide) groups is 1. The molecular weight excluding hydrogens is 194 g/mol. The van der Waals surface area contributed by atoms with Crippen molar-refractivity contribution in [2.45, 2.75) is 29.6 Å². The van der Waals surface area contributed by atoms with Crippen molar-refractivity contribution in [3.05, 3.63) is 0 Å². The van der Waals surface area contributed by atoms with Gasteiger partial charge in [0.25, 0.3) is 0 Å². The highest BCUT2D eigenvalue weighted by Gasteiger charge is 2.55. The standard InChI is InChI=1S/C7H11NO4S/c1-13-6-3(9)2-5(4(6)10)12-7(11)8-2/h2-6,9-10H,1H3,(H,8,11). The predicted molar refractivity (Wildman–Crippen MR) is 46.5 cm³/mol. The van der Waals surface area contributed by atoms with Crippen molar-refractivity contribution >= 4 is 17.9 Å². The van der Waals surface area contributed by atoms with Crippen molar-refractivity contribution < 1.29 is 19.7 Å². The lowest BCUT2D eigenvalue weighted by atomic mass is 10.2. The highest BCUT2D eigenvalue weighted by atomic mass is 32.2. The molecule has 5 atom stereocenters. The van der Waals surface area contributed by atoms with Gasteiger partial charge in [0.2, 0.25) is 0 Å². The van der Waals surface area contributed by atoms with E-state index in [-0.39, 0.29) is 5.25 Å². The fraction of sp³-hybridized carbons (Fsp3) is 0.857. The van der Waals surface area contributed by atoms with Gasteiger partial charge in [-0.2, -0.15) is 11.8 Å². The lowest BCUT2D eigenvalue weighted by Crippen LogP contribution is -2.39. The first-order valence-corrected chi connectivity index (χ1v) is 5.30. The minimum Gasteiger partial charge on any atom is -0.441 e. The predicted octanol–water partition coefficient (Wildman–Crippen LogP) is -1.07. The van der Waals surface area contributed by atoms with Gasteiger partial charge in [0, 0.05) is 0 Å². The Hall–Kier alpha value is -0.460. The minimum atomic E-state index is -0.783. The van der Waals surface area contributed by atoms with Crippen LogP contribution in [-0.4, -0.2) is 52.2 Å². The molecule has 5 nitrogen and oxygen atoms in total. The topological polar surface area (TPSA) is 78.8 Å². The number of carbonyl (C=O) groups excluding carboxylic acids is 1. The van der Waals surface area contributed by atoms with E-state index in [1.165, 1.54) is 11.8 Å². The van der Waals surface area contributed by atoms with Crippen molar-refractivity contribution in [3.8, 4) is 0 Å². The molecule has 2 rings (SSSR count). The zero-order chi connectivity index (χ0) is 9.59. The first-order valence-electron chi connectivity index (χ1n) is 4.01.